The number of benzene rings is 2. The van der Waals surface area contributed by atoms with Crippen molar-refractivity contribution in [3.8, 4) is 5.75 Å². The molecule has 30 heavy (non-hydrogen) atoms. The van der Waals surface area contributed by atoms with Crippen LogP contribution in [0.3, 0.4) is 0 Å². The zero-order valence-electron chi connectivity index (χ0n) is 17.3. The highest BCUT2D eigenvalue weighted by atomic mass is 32.2. The van der Waals surface area contributed by atoms with Crippen LogP contribution >= 0.6 is 0 Å². The minimum absolute atomic E-state index is 0.0121. The minimum Gasteiger partial charge on any atom is -0.461 e. The molecule has 0 aliphatic carbocycles. The maximum atomic E-state index is 12.9. The molecule has 0 heterocycles. The lowest BCUT2D eigenvalue weighted by molar-refractivity contribution is 0.0518. The van der Waals surface area contributed by atoms with E-state index in [0.29, 0.717) is 18.4 Å². The number of rotatable bonds is 9. The first-order valence-electron chi connectivity index (χ1n) is 9.78. The van der Waals surface area contributed by atoms with Gasteiger partial charge in [-0.15, -0.1) is 0 Å². The van der Waals surface area contributed by atoms with Crippen LogP contribution in [0.1, 0.15) is 37.4 Å². The van der Waals surface area contributed by atoms with Crippen molar-refractivity contribution >= 4 is 45.6 Å². The van der Waals surface area contributed by atoms with E-state index in [1.54, 1.807) is 12.1 Å². The lowest BCUT2D eigenvalue weighted by Gasteiger charge is -2.16. The molecule has 0 fully saturated rings. The van der Waals surface area contributed by atoms with Crippen molar-refractivity contribution in [2.24, 2.45) is 0 Å². The Morgan fingerprint density at radius 1 is 0.900 bits per heavy atom. The van der Waals surface area contributed by atoms with Crippen LogP contribution in [0.5, 0.6) is 5.75 Å². The maximum absolute atomic E-state index is 12.9. The fraction of sp³-hybridized carbons (Fsp3) is 0.263. The lowest BCUT2D eigenvalue weighted by Crippen LogP contribution is -2.19. The number of ether oxygens (including phenoxy) is 2. The van der Waals surface area contributed by atoms with E-state index in [2.05, 4.69) is 7.85 Å². The summed E-state index contributed by atoms with van der Waals surface area (Å²) in [5, 5.41) is 0. The number of carbonyl (C=O) groups excluding carboxylic acids is 2. The van der Waals surface area contributed by atoms with Gasteiger partial charge < -0.3 is 9.47 Å². The van der Waals surface area contributed by atoms with Gasteiger partial charge in [0.2, 0.25) is 0 Å². The highest BCUT2D eigenvalue weighted by Gasteiger charge is 2.22. The standard InChI is InChI=1S/C19H23B3O7S/c20-9-12-7-13(10-21)17(14(8-12)11-22)29-19(24)16-4-2-1-3-15(16)18(23)28-5-6-30(25,26)27/h1-4,7-8H,5-6,9-11,20-22H2,(H,25,26,27). The Hall–Kier alpha value is -2.52. The number of esters is 2. The molecule has 156 valence electrons. The van der Waals surface area contributed by atoms with Gasteiger partial charge in [-0.2, -0.15) is 8.42 Å². The van der Waals surface area contributed by atoms with Crippen LogP contribution in [0.4, 0.5) is 0 Å². The van der Waals surface area contributed by atoms with Crippen LogP contribution in [-0.4, -0.2) is 60.8 Å². The van der Waals surface area contributed by atoms with Crippen molar-refractivity contribution in [2.75, 3.05) is 12.4 Å². The van der Waals surface area contributed by atoms with E-state index in [1.165, 1.54) is 12.1 Å². The van der Waals surface area contributed by atoms with Crippen LogP contribution in [-0.2, 0) is 33.8 Å². The summed E-state index contributed by atoms with van der Waals surface area (Å²) in [4.78, 5) is 25.2. The normalized spacial score (nSPS) is 11.1. The average Bonchev–Trinajstić information content (AvgIpc) is 2.72. The Balaban J connectivity index is 2.30. The Morgan fingerprint density at radius 3 is 1.90 bits per heavy atom. The van der Waals surface area contributed by atoms with E-state index in [1.807, 2.05) is 27.8 Å². The summed E-state index contributed by atoms with van der Waals surface area (Å²) >= 11 is 0. The molecular weight excluding hydrogens is 405 g/mol. The molecule has 1 N–H and O–H groups in total. The fourth-order valence-corrected chi connectivity index (χ4v) is 3.29. The van der Waals surface area contributed by atoms with Crippen molar-refractivity contribution in [1.82, 2.24) is 0 Å². The molecule has 7 nitrogen and oxygen atoms in total. The Morgan fingerprint density at radius 2 is 1.43 bits per heavy atom. The topological polar surface area (TPSA) is 107 Å². The third-order valence-electron chi connectivity index (χ3n) is 4.61. The molecule has 0 aliphatic heterocycles. The minimum atomic E-state index is -4.26. The molecule has 2 aromatic rings. The number of hydrogen-bond acceptors (Lipinski definition) is 6. The second-order valence-corrected chi connectivity index (χ2v) is 8.23. The third kappa shape index (κ3) is 6.24. The summed E-state index contributed by atoms with van der Waals surface area (Å²) in [6.07, 6.45) is 2.23. The third-order valence-corrected chi connectivity index (χ3v) is 5.29. The number of hydrogen-bond donors (Lipinski definition) is 1. The summed E-state index contributed by atoms with van der Waals surface area (Å²) in [6, 6.07) is 10.0. The number of carbonyl (C=O) groups is 2. The molecule has 0 unspecified atom stereocenters. The molecule has 0 spiro atoms. The van der Waals surface area contributed by atoms with Crippen LogP contribution in [0, 0.1) is 0 Å². The van der Waals surface area contributed by atoms with Crippen LogP contribution in [0.2, 0.25) is 0 Å². The molecule has 0 aromatic heterocycles. The van der Waals surface area contributed by atoms with Crippen LogP contribution in [0.25, 0.3) is 0 Å². The van der Waals surface area contributed by atoms with Gasteiger partial charge >= 0.3 is 11.9 Å². The van der Waals surface area contributed by atoms with Gasteiger partial charge in [0.25, 0.3) is 10.1 Å². The van der Waals surface area contributed by atoms with Crippen molar-refractivity contribution in [2.45, 2.75) is 19.0 Å². The molecule has 0 saturated carbocycles. The molecule has 11 heteroatoms. The maximum Gasteiger partial charge on any atom is 0.344 e. The first kappa shape index (κ1) is 23.8. The summed E-state index contributed by atoms with van der Waals surface area (Å²) in [6.45, 7) is -0.528. The Kier molecular flexibility index (Phi) is 8.31. The van der Waals surface area contributed by atoms with Crippen LogP contribution < -0.4 is 4.74 Å². The van der Waals surface area contributed by atoms with E-state index < -0.39 is 34.4 Å². The van der Waals surface area contributed by atoms with E-state index in [-0.39, 0.29) is 11.1 Å². The van der Waals surface area contributed by atoms with Crippen LogP contribution in [0.15, 0.2) is 36.4 Å². The molecular formula is C19H23B3O7S. The first-order chi connectivity index (χ1) is 14.2. The van der Waals surface area contributed by atoms with E-state index in [0.717, 1.165) is 23.0 Å². The molecule has 0 atom stereocenters. The Labute approximate surface area is 179 Å². The van der Waals surface area contributed by atoms with E-state index in [9.17, 15) is 18.0 Å². The van der Waals surface area contributed by atoms with Crippen molar-refractivity contribution < 1.29 is 32.0 Å². The molecule has 0 aliphatic rings. The second-order valence-electron chi connectivity index (χ2n) is 6.66. The van der Waals surface area contributed by atoms with E-state index in [4.69, 9.17) is 14.0 Å². The van der Waals surface area contributed by atoms with Crippen molar-refractivity contribution in [3.63, 3.8) is 0 Å². The lowest BCUT2D eigenvalue weighted by atomic mass is 9.85. The first-order valence-corrected chi connectivity index (χ1v) is 11.4. The van der Waals surface area contributed by atoms with Gasteiger partial charge in [0, 0.05) is 0 Å². The zero-order valence-corrected chi connectivity index (χ0v) is 18.1. The largest absolute Gasteiger partial charge is 0.461 e. The van der Waals surface area contributed by atoms with Gasteiger partial charge in [0.15, 0.2) is 0 Å². The molecule has 0 bridgehead atoms. The Bertz CT molecular complexity index is 1010. The monoisotopic (exact) mass is 428 g/mol. The molecule has 2 aromatic carbocycles. The summed E-state index contributed by atoms with van der Waals surface area (Å²) in [5.41, 5.74) is 2.95. The SMILES string of the molecule is BCc1cc(CB)c(OC(=O)c2ccccc2C(=O)OCCS(=O)(=O)O)c(CB)c1. The smallest absolute Gasteiger partial charge is 0.344 e. The van der Waals surface area contributed by atoms with Gasteiger partial charge in [-0.05, 0) is 23.3 Å². The molecule has 0 radical (unpaired) electrons. The van der Waals surface area contributed by atoms with Gasteiger partial charge in [-0.3, -0.25) is 4.55 Å². The zero-order chi connectivity index (χ0) is 22.3. The predicted octanol–water partition coefficient (Wildman–Crippen LogP) is -0.650. The van der Waals surface area contributed by atoms with Gasteiger partial charge in [0.05, 0.1) is 11.1 Å². The summed E-state index contributed by atoms with van der Waals surface area (Å²) in [7, 11) is 1.76. The van der Waals surface area contributed by atoms with Crippen molar-refractivity contribution in [1.29, 1.82) is 0 Å². The quantitative estimate of drug-likeness (QED) is 0.245. The molecule has 0 saturated heterocycles. The van der Waals surface area contributed by atoms with Crippen molar-refractivity contribution in [3.05, 3.63) is 64.2 Å². The summed E-state index contributed by atoms with van der Waals surface area (Å²) < 4.78 is 40.9. The van der Waals surface area contributed by atoms with Gasteiger partial charge in [-0.25, -0.2) is 9.59 Å². The fourth-order valence-electron chi connectivity index (χ4n) is 2.99. The molecule has 0 amide bonds. The van der Waals surface area contributed by atoms with Gasteiger partial charge in [-0.1, -0.05) is 48.8 Å². The second kappa shape index (κ2) is 10.5. The highest BCUT2D eigenvalue weighted by Crippen LogP contribution is 2.28. The van der Waals surface area contributed by atoms with E-state index >= 15 is 0 Å². The predicted molar refractivity (Wildman–Crippen MR) is 121 cm³/mol. The van der Waals surface area contributed by atoms with Gasteiger partial charge in [0.1, 0.15) is 41.6 Å². The molecule has 2 rings (SSSR count). The summed E-state index contributed by atoms with van der Waals surface area (Å²) in [5.74, 6) is -1.81. The average molecular weight is 428 g/mol. The highest BCUT2D eigenvalue weighted by molar-refractivity contribution is 7.85.